The molecule has 0 unspecified atom stereocenters. The molecule has 17 heavy (non-hydrogen) atoms. The number of nitrogens with two attached hydrogens (primary N) is 1. The highest BCUT2D eigenvalue weighted by atomic mass is 19.2. The molecule has 1 fully saturated rings. The summed E-state index contributed by atoms with van der Waals surface area (Å²) in [5.41, 5.74) is 5.72. The largest absolute Gasteiger partial charge is 0.337 e. The number of hydrogen-bond donors (Lipinski definition) is 1. The zero-order chi connectivity index (χ0) is 12.0. The van der Waals surface area contributed by atoms with Gasteiger partial charge in [-0.15, -0.1) is 0 Å². The van der Waals surface area contributed by atoms with Crippen molar-refractivity contribution in [3.63, 3.8) is 0 Å². The van der Waals surface area contributed by atoms with Gasteiger partial charge in [0.05, 0.1) is 5.54 Å². The molecule has 1 heterocycles. The number of rotatable bonds is 2. The van der Waals surface area contributed by atoms with Gasteiger partial charge in [-0.3, -0.25) is 0 Å². The average molecular weight is 237 g/mol. The maximum atomic E-state index is 13.0. The SMILES string of the molecule is NC1(c2nc(-c3ccc(F)c(F)c3)no2)CC1. The highest BCUT2D eigenvalue weighted by Gasteiger charge is 2.45. The second kappa shape index (κ2) is 3.33. The van der Waals surface area contributed by atoms with Crippen molar-refractivity contribution in [2.24, 2.45) is 5.73 Å². The van der Waals surface area contributed by atoms with Crippen LogP contribution in [0, 0.1) is 11.6 Å². The summed E-state index contributed by atoms with van der Waals surface area (Å²) in [6.45, 7) is 0. The van der Waals surface area contributed by atoms with Crippen molar-refractivity contribution in [2.45, 2.75) is 18.4 Å². The van der Waals surface area contributed by atoms with E-state index >= 15 is 0 Å². The van der Waals surface area contributed by atoms with E-state index in [4.69, 9.17) is 10.3 Å². The van der Waals surface area contributed by atoms with Crippen LogP contribution in [0.15, 0.2) is 22.7 Å². The minimum atomic E-state index is -0.942. The third kappa shape index (κ3) is 1.70. The van der Waals surface area contributed by atoms with Gasteiger partial charge >= 0.3 is 0 Å². The van der Waals surface area contributed by atoms with Gasteiger partial charge in [-0.2, -0.15) is 4.98 Å². The molecule has 1 saturated carbocycles. The molecule has 2 aromatic rings. The summed E-state index contributed by atoms with van der Waals surface area (Å²) in [5, 5.41) is 3.71. The van der Waals surface area contributed by atoms with Crippen LogP contribution in [0.4, 0.5) is 8.78 Å². The number of benzene rings is 1. The Kier molecular flexibility index (Phi) is 2.03. The molecule has 6 heteroatoms. The van der Waals surface area contributed by atoms with Gasteiger partial charge in [0, 0.05) is 5.56 Å². The maximum absolute atomic E-state index is 13.0. The molecule has 0 aliphatic heterocycles. The van der Waals surface area contributed by atoms with Crippen LogP contribution < -0.4 is 5.73 Å². The number of aromatic nitrogens is 2. The van der Waals surface area contributed by atoms with Crippen molar-refractivity contribution >= 4 is 0 Å². The van der Waals surface area contributed by atoms with Crippen LogP contribution in [-0.4, -0.2) is 10.1 Å². The first-order chi connectivity index (χ1) is 8.08. The lowest BCUT2D eigenvalue weighted by Crippen LogP contribution is -2.18. The summed E-state index contributed by atoms with van der Waals surface area (Å²) in [7, 11) is 0. The van der Waals surface area contributed by atoms with Crippen LogP contribution >= 0.6 is 0 Å². The molecule has 0 saturated heterocycles. The van der Waals surface area contributed by atoms with Crippen LogP contribution in [0.1, 0.15) is 18.7 Å². The molecule has 0 atom stereocenters. The van der Waals surface area contributed by atoms with Gasteiger partial charge in [0.25, 0.3) is 0 Å². The van der Waals surface area contributed by atoms with Crippen molar-refractivity contribution in [3.8, 4) is 11.4 Å². The van der Waals surface area contributed by atoms with Gasteiger partial charge in [-0.1, -0.05) is 5.16 Å². The number of halogens is 2. The summed E-state index contributed by atoms with van der Waals surface area (Å²) >= 11 is 0. The highest BCUT2D eigenvalue weighted by Crippen LogP contribution is 2.42. The van der Waals surface area contributed by atoms with E-state index in [-0.39, 0.29) is 5.82 Å². The molecule has 1 aliphatic rings. The topological polar surface area (TPSA) is 64.9 Å². The van der Waals surface area contributed by atoms with Crippen LogP contribution in [0.5, 0.6) is 0 Å². The molecule has 1 aliphatic carbocycles. The molecule has 1 aromatic heterocycles. The summed E-state index contributed by atoms with van der Waals surface area (Å²) in [6.07, 6.45) is 1.60. The Balaban J connectivity index is 1.98. The third-order valence-electron chi connectivity index (χ3n) is 2.82. The fraction of sp³-hybridized carbons (Fsp3) is 0.273. The Hall–Kier alpha value is -1.82. The Bertz CT molecular complexity index is 578. The van der Waals surface area contributed by atoms with E-state index in [1.165, 1.54) is 6.07 Å². The first kappa shape index (κ1) is 10.3. The summed E-state index contributed by atoms with van der Waals surface area (Å²) in [6, 6.07) is 3.44. The molecule has 0 spiro atoms. The molecule has 3 rings (SSSR count). The van der Waals surface area contributed by atoms with E-state index in [2.05, 4.69) is 10.1 Å². The van der Waals surface area contributed by atoms with Crippen LogP contribution in [-0.2, 0) is 5.54 Å². The van der Waals surface area contributed by atoms with Gasteiger partial charge in [0.15, 0.2) is 11.6 Å². The molecule has 0 radical (unpaired) electrons. The molecule has 88 valence electrons. The normalized spacial score (nSPS) is 17.1. The maximum Gasteiger partial charge on any atom is 0.247 e. The predicted octanol–water partition coefficient (Wildman–Crippen LogP) is 1.96. The molecule has 4 nitrogen and oxygen atoms in total. The zero-order valence-corrected chi connectivity index (χ0v) is 8.78. The minimum Gasteiger partial charge on any atom is -0.337 e. The van der Waals surface area contributed by atoms with Crippen LogP contribution in [0.3, 0.4) is 0 Å². The monoisotopic (exact) mass is 237 g/mol. The fourth-order valence-electron chi connectivity index (χ4n) is 1.53. The number of hydrogen-bond acceptors (Lipinski definition) is 4. The first-order valence-electron chi connectivity index (χ1n) is 5.17. The smallest absolute Gasteiger partial charge is 0.247 e. The van der Waals surface area contributed by atoms with Crippen molar-refractivity contribution in [3.05, 3.63) is 35.7 Å². The average Bonchev–Trinajstić information content (AvgIpc) is 2.88. The van der Waals surface area contributed by atoms with Gasteiger partial charge in [0.1, 0.15) is 0 Å². The van der Waals surface area contributed by atoms with E-state index in [1.54, 1.807) is 0 Å². The van der Waals surface area contributed by atoms with Gasteiger partial charge in [-0.25, -0.2) is 8.78 Å². The van der Waals surface area contributed by atoms with Gasteiger partial charge in [-0.05, 0) is 31.0 Å². The van der Waals surface area contributed by atoms with Crippen LogP contribution in [0.25, 0.3) is 11.4 Å². The molecular weight excluding hydrogens is 228 g/mol. The quantitative estimate of drug-likeness (QED) is 0.867. The fourth-order valence-corrected chi connectivity index (χ4v) is 1.53. The Morgan fingerprint density at radius 1 is 1.24 bits per heavy atom. The molecule has 0 bridgehead atoms. The predicted molar refractivity (Wildman–Crippen MR) is 54.7 cm³/mol. The minimum absolute atomic E-state index is 0.218. The lowest BCUT2D eigenvalue weighted by atomic mass is 10.2. The molecule has 1 aromatic carbocycles. The van der Waals surface area contributed by atoms with E-state index in [0.717, 1.165) is 25.0 Å². The number of nitrogens with zero attached hydrogens (tertiary/aromatic N) is 2. The van der Waals surface area contributed by atoms with E-state index in [9.17, 15) is 8.78 Å². The van der Waals surface area contributed by atoms with Crippen molar-refractivity contribution in [1.82, 2.24) is 10.1 Å². The Labute approximate surface area is 95.4 Å². The van der Waals surface area contributed by atoms with E-state index < -0.39 is 17.2 Å². The second-order valence-corrected chi connectivity index (χ2v) is 4.21. The first-order valence-corrected chi connectivity index (χ1v) is 5.17. The molecule has 2 N–H and O–H groups in total. The van der Waals surface area contributed by atoms with Crippen LogP contribution in [0.2, 0.25) is 0 Å². The summed E-state index contributed by atoms with van der Waals surface area (Å²) < 4.78 is 30.8. The van der Waals surface area contributed by atoms with Crippen molar-refractivity contribution < 1.29 is 13.3 Å². The van der Waals surface area contributed by atoms with E-state index in [1.807, 2.05) is 0 Å². The summed E-state index contributed by atoms with van der Waals surface area (Å²) in [4.78, 5) is 4.09. The van der Waals surface area contributed by atoms with Crippen molar-refractivity contribution in [2.75, 3.05) is 0 Å². The Morgan fingerprint density at radius 2 is 2.00 bits per heavy atom. The second-order valence-electron chi connectivity index (χ2n) is 4.21. The van der Waals surface area contributed by atoms with Gasteiger partial charge < -0.3 is 10.3 Å². The highest BCUT2D eigenvalue weighted by molar-refractivity contribution is 5.54. The third-order valence-corrected chi connectivity index (χ3v) is 2.82. The standard InChI is InChI=1S/C11H9F2N3O/c12-7-2-1-6(5-8(7)13)9-15-10(17-16-9)11(14)3-4-11/h1-2,5H,3-4,14H2. The zero-order valence-electron chi connectivity index (χ0n) is 8.78. The van der Waals surface area contributed by atoms with Gasteiger partial charge in [0.2, 0.25) is 11.7 Å². The molecule has 0 amide bonds. The Morgan fingerprint density at radius 3 is 2.65 bits per heavy atom. The van der Waals surface area contributed by atoms with E-state index in [0.29, 0.717) is 11.5 Å². The van der Waals surface area contributed by atoms with Crippen molar-refractivity contribution in [1.29, 1.82) is 0 Å². The lowest BCUT2D eigenvalue weighted by Gasteiger charge is -1.98. The lowest BCUT2D eigenvalue weighted by molar-refractivity contribution is 0.348. The molecular formula is C11H9F2N3O. The summed E-state index contributed by atoms with van der Waals surface area (Å²) in [5.74, 6) is -1.29.